The van der Waals surface area contributed by atoms with Gasteiger partial charge in [-0.15, -0.1) is 11.3 Å². The number of hydrogen-bond donors (Lipinski definition) is 2. The third kappa shape index (κ3) is 4.62. The molecule has 0 radical (unpaired) electrons. The van der Waals surface area contributed by atoms with Gasteiger partial charge in [-0.2, -0.15) is 5.10 Å². The highest BCUT2D eigenvalue weighted by Crippen LogP contribution is 2.43. The topological polar surface area (TPSA) is 123 Å². The summed E-state index contributed by atoms with van der Waals surface area (Å²) in [6, 6.07) is 14.8. The first kappa shape index (κ1) is 23.8. The molecule has 36 heavy (non-hydrogen) atoms. The van der Waals surface area contributed by atoms with Gasteiger partial charge in [0.15, 0.2) is 0 Å². The smallest absolute Gasteiger partial charge is 0.332 e. The fraction of sp³-hybridized carbons (Fsp3) is 0.160. The number of rotatable bonds is 6. The lowest BCUT2D eigenvalue weighted by Gasteiger charge is -2.17. The molecule has 0 amide bonds. The fourth-order valence-corrected chi connectivity index (χ4v) is 5.31. The number of H-pyrrole nitrogens is 1. The number of thiophene rings is 1. The van der Waals surface area contributed by atoms with Gasteiger partial charge in [0.2, 0.25) is 10.0 Å². The molecule has 2 aromatic carbocycles. The van der Waals surface area contributed by atoms with Gasteiger partial charge >= 0.3 is 5.69 Å². The zero-order valence-electron chi connectivity index (χ0n) is 19.4. The Hall–Kier alpha value is -3.96. The first-order chi connectivity index (χ1) is 17.2. The summed E-state index contributed by atoms with van der Waals surface area (Å²) in [4.78, 5) is 29.7. The predicted molar refractivity (Wildman–Crippen MR) is 141 cm³/mol. The monoisotopic (exact) mass is 522 g/mol. The number of benzene rings is 2. The van der Waals surface area contributed by atoms with Crippen LogP contribution in [0.3, 0.4) is 0 Å². The molecule has 0 fully saturated rings. The molecule has 5 rings (SSSR count). The summed E-state index contributed by atoms with van der Waals surface area (Å²) in [5.74, 6) is 0.629. The van der Waals surface area contributed by atoms with Crippen molar-refractivity contribution in [3.63, 3.8) is 0 Å². The van der Waals surface area contributed by atoms with Crippen LogP contribution in [0.4, 0.5) is 0 Å². The molecule has 0 saturated heterocycles. The summed E-state index contributed by atoms with van der Waals surface area (Å²) in [7, 11) is -1.88. The first-order valence-electron chi connectivity index (χ1n) is 11.0. The molecule has 1 aliphatic carbocycles. The van der Waals surface area contributed by atoms with Crippen LogP contribution in [0.5, 0.6) is 5.75 Å². The van der Waals surface area contributed by atoms with Crippen LogP contribution in [0.25, 0.3) is 27.3 Å². The summed E-state index contributed by atoms with van der Waals surface area (Å²) in [6.07, 6.45) is 3.87. The second-order valence-electron chi connectivity index (χ2n) is 8.33. The zero-order valence-corrected chi connectivity index (χ0v) is 21.1. The van der Waals surface area contributed by atoms with Crippen LogP contribution in [0, 0.1) is 0 Å². The first-order valence-corrected chi connectivity index (χ1v) is 13.8. The van der Waals surface area contributed by atoms with E-state index in [1.54, 1.807) is 7.11 Å². The Bertz CT molecular complexity index is 1720. The van der Waals surface area contributed by atoms with Gasteiger partial charge in [-0.25, -0.2) is 18.0 Å². The molecular formula is C25H22N4O5S2. The average Bonchev–Trinajstić information content (AvgIpc) is 3.51. The van der Waals surface area contributed by atoms with Crippen molar-refractivity contribution < 1.29 is 13.2 Å². The fourth-order valence-electron chi connectivity index (χ4n) is 4.29. The van der Waals surface area contributed by atoms with Crippen molar-refractivity contribution in [2.75, 3.05) is 13.4 Å². The van der Waals surface area contributed by atoms with E-state index in [0.29, 0.717) is 23.6 Å². The highest BCUT2D eigenvalue weighted by atomic mass is 32.2. The lowest BCUT2D eigenvalue weighted by molar-refractivity contribution is 0.418. The van der Waals surface area contributed by atoms with E-state index in [1.807, 2.05) is 47.8 Å². The number of aromatic nitrogens is 2. The highest BCUT2D eigenvalue weighted by molar-refractivity contribution is 7.88. The van der Waals surface area contributed by atoms with Crippen molar-refractivity contribution >= 4 is 27.1 Å². The third-order valence-electron chi connectivity index (χ3n) is 5.88. The Kier molecular flexibility index (Phi) is 6.10. The minimum Gasteiger partial charge on any atom is -0.495 e. The van der Waals surface area contributed by atoms with Crippen LogP contribution in [-0.2, 0) is 16.4 Å². The van der Waals surface area contributed by atoms with Gasteiger partial charge in [-0.1, -0.05) is 18.2 Å². The van der Waals surface area contributed by atoms with Crippen LogP contribution >= 0.6 is 11.3 Å². The minimum absolute atomic E-state index is 0.475. The lowest BCUT2D eigenvalue weighted by atomic mass is 9.96. The second kappa shape index (κ2) is 9.25. The predicted octanol–water partition coefficient (Wildman–Crippen LogP) is 3.13. The van der Waals surface area contributed by atoms with Crippen molar-refractivity contribution in [2.45, 2.75) is 12.8 Å². The molecule has 0 aliphatic heterocycles. The summed E-state index contributed by atoms with van der Waals surface area (Å²) in [6.45, 7) is 0. The molecule has 2 N–H and O–H groups in total. The molecule has 1 aliphatic rings. The van der Waals surface area contributed by atoms with Gasteiger partial charge in [0, 0.05) is 33.8 Å². The maximum absolute atomic E-state index is 12.6. The molecule has 0 unspecified atom stereocenters. The molecule has 11 heteroatoms. The summed E-state index contributed by atoms with van der Waals surface area (Å²) < 4.78 is 30.4. The van der Waals surface area contributed by atoms with Crippen LogP contribution in [0.2, 0.25) is 0 Å². The summed E-state index contributed by atoms with van der Waals surface area (Å²) >= 11 is 1.54. The Morgan fingerprint density at radius 3 is 2.56 bits per heavy atom. The molecule has 9 nitrogen and oxygen atoms in total. The number of methoxy groups -OCH3 is 1. The average molecular weight is 523 g/mol. The number of hydrazone groups is 1. The Labute approximate surface area is 210 Å². The molecule has 2 aromatic heterocycles. The normalized spacial score (nSPS) is 14.1. The van der Waals surface area contributed by atoms with E-state index in [1.165, 1.54) is 28.2 Å². The summed E-state index contributed by atoms with van der Waals surface area (Å²) in [5, 5.41) is 6.08. The van der Waals surface area contributed by atoms with Crippen molar-refractivity contribution in [2.24, 2.45) is 5.10 Å². The van der Waals surface area contributed by atoms with Gasteiger partial charge < -0.3 is 4.74 Å². The summed E-state index contributed by atoms with van der Waals surface area (Å²) in [5.41, 5.74) is 4.46. The Balaban J connectivity index is 1.73. The van der Waals surface area contributed by atoms with Crippen LogP contribution in [0.1, 0.15) is 17.5 Å². The van der Waals surface area contributed by atoms with E-state index in [2.05, 4.69) is 14.9 Å². The largest absolute Gasteiger partial charge is 0.495 e. The van der Waals surface area contributed by atoms with Crippen LogP contribution in [0.15, 0.2) is 74.8 Å². The SMILES string of the molecule is COc1c(-c2ccc3c(c2)C(=NNS(C)(=O)=O)CC3)cc(-n2ccc(=O)[nH]c2=O)cc1-c1cccs1. The van der Waals surface area contributed by atoms with E-state index in [-0.39, 0.29) is 0 Å². The number of sulfonamides is 1. The van der Waals surface area contributed by atoms with Gasteiger partial charge in [-0.05, 0) is 53.6 Å². The number of aromatic amines is 1. The van der Waals surface area contributed by atoms with E-state index in [9.17, 15) is 18.0 Å². The molecule has 0 spiro atoms. The second-order valence-corrected chi connectivity index (χ2v) is 11.0. The number of nitrogens with one attached hydrogen (secondary N) is 2. The Morgan fingerprint density at radius 2 is 1.86 bits per heavy atom. The molecule has 0 saturated carbocycles. The minimum atomic E-state index is -3.48. The number of nitrogens with zero attached hydrogens (tertiary/aromatic N) is 2. The number of ether oxygens (including phenoxy) is 1. The zero-order chi connectivity index (χ0) is 25.4. The van der Waals surface area contributed by atoms with Gasteiger partial charge in [-0.3, -0.25) is 14.3 Å². The van der Waals surface area contributed by atoms with Gasteiger partial charge in [0.25, 0.3) is 5.56 Å². The van der Waals surface area contributed by atoms with Crippen molar-refractivity contribution in [1.82, 2.24) is 14.4 Å². The third-order valence-corrected chi connectivity index (χ3v) is 7.20. The lowest BCUT2D eigenvalue weighted by Crippen LogP contribution is -2.27. The molecule has 0 bridgehead atoms. The molecular weight excluding hydrogens is 500 g/mol. The molecule has 184 valence electrons. The molecule has 4 aromatic rings. The van der Waals surface area contributed by atoms with Crippen molar-refractivity contribution in [3.8, 4) is 33.0 Å². The van der Waals surface area contributed by atoms with Crippen molar-refractivity contribution in [3.05, 3.63) is 92.1 Å². The maximum atomic E-state index is 12.6. The highest BCUT2D eigenvalue weighted by Gasteiger charge is 2.22. The standard InChI is InChI=1S/C25H22N4O5S2/c1-34-24-19(16-6-5-15-7-8-21(18(15)12-16)27-28-36(2,32)33)13-17(14-20(24)22-4-3-11-35-22)29-10-9-23(30)26-25(29)31/h3-6,9-14,28H,7-8H2,1-2H3,(H,26,30,31). The number of aryl methyl sites for hydroxylation is 1. The number of fused-ring (bicyclic) bond motifs is 1. The van der Waals surface area contributed by atoms with Crippen molar-refractivity contribution in [1.29, 1.82) is 0 Å². The van der Waals surface area contributed by atoms with E-state index in [4.69, 9.17) is 4.74 Å². The Morgan fingerprint density at radius 1 is 1.06 bits per heavy atom. The van der Waals surface area contributed by atoms with E-state index in [0.717, 1.165) is 45.4 Å². The van der Waals surface area contributed by atoms with E-state index >= 15 is 0 Å². The van der Waals surface area contributed by atoms with Crippen LogP contribution < -0.4 is 20.8 Å². The number of hydrogen-bond acceptors (Lipinski definition) is 7. The molecule has 2 heterocycles. The van der Waals surface area contributed by atoms with Gasteiger partial charge in [0.05, 0.1) is 24.8 Å². The van der Waals surface area contributed by atoms with Gasteiger partial charge in [0.1, 0.15) is 5.75 Å². The quantitative estimate of drug-likeness (QED) is 0.377. The maximum Gasteiger partial charge on any atom is 0.332 e. The van der Waals surface area contributed by atoms with E-state index < -0.39 is 21.3 Å². The molecule has 0 atom stereocenters. The van der Waals surface area contributed by atoms with Crippen LogP contribution in [-0.4, -0.2) is 37.0 Å².